The molecule has 0 spiro atoms. The molecule has 1 aliphatic rings. The Morgan fingerprint density at radius 3 is 2.71 bits per heavy atom. The van der Waals surface area contributed by atoms with E-state index in [9.17, 15) is 4.79 Å². The number of nitrogens with zero attached hydrogens (tertiary/aromatic N) is 4. The third-order valence-corrected chi connectivity index (χ3v) is 6.08. The Morgan fingerprint density at radius 2 is 1.97 bits per heavy atom. The Balaban J connectivity index is 1.48. The maximum atomic E-state index is 12.4. The molecule has 164 valence electrons. The van der Waals surface area contributed by atoms with Gasteiger partial charge < -0.3 is 14.7 Å². The lowest BCUT2D eigenvalue weighted by Crippen LogP contribution is -2.39. The van der Waals surface area contributed by atoms with Crippen LogP contribution in [0, 0.1) is 18.8 Å². The molecule has 4 rings (SSSR count). The first-order valence-corrected chi connectivity index (χ1v) is 11.2. The first-order valence-electron chi connectivity index (χ1n) is 10.8. The van der Waals surface area contributed by atoms with Gasteiger partial charge in [0.15, 0.2) is 0 Å². The van der Waals surface area contributed by atoms with E-state index in [4.69, 9.17) is 21.1 Å². The largest absolute Gasteiger partial charge is 0.355 e. The van der Waals surface area contributed by atoms with Gasteiger partial charge in [0.05, 0.1) is 5.69 Å². The topological polar surface area (TPSA) is 84.1 Å². The lowest BCUT2D eigenvalue weighted by molar-refractivity contribution is -0.121. The molecule has 1 amide bonds. The molecule has 1 saturated heterocycles. The number of hydrogen-bond donors (Lipinski definition) is 1. The number of rotatable bonds is 6. The van der Waals surface area contributed by atoms with Crippen molar-refractivity contribution in [1.29, 1.82) is 0 Å². The summed E-state index contributed by atoms with van der Waals surface area (Å²) < 4.78 is 5.46. The second-order valence-corrected chi connectivity index (χ2v) is 9.04. The number of fused-ring (bicyclic) bond motifs is 1. The van der Waals surface area contributed by atoms with Gasteiger partial charge in [-0.05, 0) is 36.8 Å². The number of halogens is 1. The maximum absolute atomic E-state index is 12.4. The number of carbonyl (C=O) groups is 1. The Bertz CT molecular complexity index is 1070. The number of hydrogen-bond acceptors (Lipinski definition) is 6. The van der Waals surface area contributed by atoms with Gasteiger partial charge in [-0.1, -0.05) is 48.8 Å². The Kier molecular flexibility index (Phi) is 6.41. The maximum Gasteiger partial charge on any atom is 0.263 e. The molecular formula is C23H28ClN5O2. The molecule has 2 atom stereocenters. The van der Waals surface area contributed by atoms with Crippen LogP contribution in [0.2, 0.25) is 5.02 Å². The SMILES string of the molecule is Cc1noc2nc(CCC(=O)NCc3ccccc3Cl)nc(N3C[C@@H](C)C[C@H](C)C3)c12. The highest BCUT2D eigenvalue weighted by atomic mass is 35.5. The van der Waals surface area contributed by atoms with Gasteiger partial charge in [0.2, 0.25) is 5.91 Å². The summed E-state index contributed by atoms with van der Waals surface area (Å²) in [6.45, 7) is 8.74. The minimum Gasteiger partial charge on any atom is -0.355 e. The van der Waals surface area contributed by atoms with Crippen LogP contribution in [0.25, 0.3) is 11.1 Å². The molecule has 0 bridgehead atoms. The van der Waals surface area contributed by atoms with Gasteiger partial charge in [0, 0.05) is 37.5 Å². The zero-order valence-electron chi connectivity index (χ0n) is 18.2. The molecule has 2 aromatic heterocycles. The smallest absolute Gasteiger partial charge is 0.263 e. The van der Waals surface area contributed by atoms with Crippen molar-refractivity contribution in [3.63, 3.8) is 0 Å². The molecule has 1 aliphatic heterocycles. The fourth-order valence-electron chi connectivity index (χ4n) is 4.34. The number of aryl methyl sites for hydroxylation is 2. The molecule has 8 heteroatoms. The fourth-order valence-corrected chi connectivity index (χ4v) is 4.54. The quantitative estimate of drug-likeness (QED) is 0.613. The van der Waals surface area contributed by atoms with Crippen molar-refractivity contribution in [3.8, 4) is 0 Å². The molecule has 7 nitrogen and oxygen atoms in total. The average Bonchev–Trinajstić information content (AvgIpc) is 3.11. The highest BCUT2D eigenvalue weighted by molar-refractivity contribution is 6.31. The highest BCUT2D eigenvalue weighted by Crippen LogP contribution is 2.32. The summed E-state index contributed by atoms with van der Waals surface area (Å²) in [4.78, 5) is 24.1. The molecule has 31 heavy (non-hydrogen) atoms. The summed E-state index contributed by atoms with van der Waals surface area (Å²) in [5, 5.41) is 8.53. The minimum atomic E-state index is -0.0702. The first-order chi connectivity index (χ1) is 14.9. The number of benzene rings is 1. The molecule has 1 aromatic carbocycles. The van der Waals surface area contributed by atoms with Crippen LogP contribution in [0.5, 0.6) is 0 Å². The summed E-state index contributed by atoms with van der Waals surface area (Å²) in [7, 11) is 0. The number of piperidine rings is 1. The van der Waals surface area contributed by atoms with Crippen LogP contribution < -0.4 is 10.2 Å². The number of nitrogens with one attached hydrogen (secondary N) is 1. The Morgan fingerprint density at radius 1 is 1.23 bits per heavy atom. The number of amides is 1. The normalized spacial score (nSPS) is 19.0. The third-order valence-electron chi connectivity index (χ3n) is 5.71. The summed E-state index contributed by atoms with van der Waals surface area (Å²) in [6, 6.07) is 7.49. The molecule has 0 aliphatic carbocycles. The lowest BCUT2D eigenvalue weighted by Gasteiger charge is -2.36. The molecule has 0 unspecified atom stereocenters. The van der Waals surface area contributed by atoms with Crippen LogP contribution in [-0.2, 0) is 17.8 Å². The Labute approximate surface area is 187 Å². The van der Waals surface area contributed by atoms with Crippen LogP contribution >= 0.6 is 11.6 Å². The molecule has 3 aromatic rings. The zero-order chi connectivity index (χ0) is 22.0. The van der Waals surface area contributed by atoms with Crippen molar-refractivity contribution in [2.24, 2.45) is 11.8 Å². The van der Waals surface area contributed by atoms with E-state index in [1.165, 1.54) is 6.42 Å². The standard InChI is InChI=1S/C23H28ClN5O2/c1-14-10-15(2)13-29(12-14)22-21-16(3)28-31-23(21)27-19(26-22)8-9-20(30)25-11-17-6-4-5-7-18(17)24/h4-7,14-15H,8-13H2,1-3H3,(H,25,30)/t14-,15-/m0/s1. The molecule has 1 fully saturated rings. The monoisotopic (exact) mass is 441 g/mol. The third kappa shape index (κ3) is 4.98. The van der Waals surface area contributed by atoms with Crippen LogP contribution in [0.4, 0.5) is 5.82 Å². The summed E-state index contributed by atoms with van der Waals surface area (Å²) >= 11 is 6.16. The van der Waals surface area contributed by atoms with Crippen LogP contribution in [0.1, 0.15) is 43.8 Å². The number of aromatic nitrogens is 3. The number of anilines is 1. The van der Waals surface area contributed by atoms with Crippen LogP contribution in [-0.4, -0.2) is 34.1 Å². The van der Waals surface area contributed by atoms with Crippen molar-refractivity contribution in [1.82, 2.24) is 20.4 Å². The minimum absolute atomic E-state index is 0.0702. The van der Waals surface area contributed by atoms with Crippen molar-refractivity contribution in [2.45, 2.75) is 46.6 Å². The highest BCUT2D eigenvalue weighted by Gasteiger charge is 2.27. The van der Waals surface area contributed by atoms with E-state index < -0.39 is 0 Å². The van der Waals surface area contributed by atoms with Crippen molar-refractivity contribution in [3.05, 3.63) is 46.4 Å². The second kappa shape index (κ2) is 9.22. The molecule has 1 N–H and O–H groups in total. The average molecular weight is 442 g/mol. The Hall–Kier alpha value is -2.67. The van der Waals surface area contributed by atoms with Gasteiger partial charge in [0.1, 0.15) is 17.0 Å². The van der Waals surface area contributed by atoms with E-state index >= 15 is 0 Å². The van der Waals surface area contributed by atoms with Crippen molar-refractivity contribution >= 4 is 34.4 Å². The molecule has 0 saturated carbocycles. The van der Waals surface area contributed by atoms with Crippen molar-refractivity contribution in [2.75, 3.05) is 18.0 Å². The van der Waals surface area contributed by atoms with E-state index in [0.717, 1.165) is 35.6 Å². The summed E-state index contributed by atoms with van der Waals surface area (Å²) in [5.74, 6) is 2.58. The van der Waals surface area contributed by atoms with Gasteiger partial charge in [-0.3, -0.25) is 4.79 Å². The van der Waals surface area contributed by atoms with Gasteiger partial charge in [-0.25, -0.2) is 4.98 Å². The van der Waals surface area contributed by atoms with Crippen molar-refractivity contribution < 1.29 is 9.32 Å². The van der Waals surface area contributed by atoms with E-state index in [0.29, 0.717) is 41.4 Å². The summed E-state index contributed by atoms with van der Waals surface area (Å²) in [5.41, 5.74) is 2.17. The second-order valence-electron chi connectivity index (χ2n) is 8.63. The van der Waals surface area contributed by atoms with E-state index in [2.05, 4.69) is 34.2 Å². The first kappa shape index (κ1) is 21.6. The van der Waals surface area contributed by atoms with Crippen LogP contribution in [0.3, 0.4) is 0 Å². The summed E-state index contributed by atoms with van der Waals surface area (Å²) in [6.07, 6.45) is 1.93. The van der Waals surface area contributed by atoms with Gasteiger partial charge in [-0.2, -0.15) is 4.98 Å². The molecular weight excluding hydrogens is 414 g/mol. The fraction of sp³-hybridized carbons (Fsp3) is 0.478. The predicted octanol–water partition coefficient (Wildman–Crippen LogP) is 4.31. The molecule has 0 radical (unpaired) electrons. The van der Waals surface area contributed by atoms with E-state index in [1.807, 2.05) is 31.2 Å². The van der Waals surface area contributed by atoms with E-state index in [-0.39, 0.29) is 12.3 Å². The van der Waals surface area contributed by atoms with E-state index in [1.54, 1.807) is 0 Å². The lowest BCUT2D eigenvalue weighted by atomic mass is 9.92. The molecule has 3 heterocycles. The van der Waals surface area contributed by atoms with Gasteiger partial charge in [0.25, 0.3) is 5.71 Å². The zero-order valence-corrected chi connectivity index (χ0v) is 18.9. The van der Waals surface area contributed by atoms with Crippen LogP contribution in [0.15, 0.2) is 28.8 Å². The van der Waals surface area contributed by atoms with Gasteiger partial charge >= 0.3 is 0 Å². The predicted molar refractivity (Wildman–Crippen MR) is 121 cm³/mol. The van der Waals surface area contributed by atoms with Gasteiger partial charge in [-0.15, -0.1) is 0 Å². The number of carbonyl (C=O) groups excluding carboxylic acids is 1.